The average molecular weight is 278 g/mol. The minimum atomic E-state index is -1.37. The molecule has 1 fully saturated rings. The van der Waals surface area contributed by atoms with Gasteiger partial charge in [-0.2, -0.15) is 11.8 Å². The Morgan fingerprint density at radius 2 is 1.89 bits per heavy atom. The predicted molar refractivity (Wildman–Crippen MR) is 65.2 cm³/mol. The number of hydrogen-bond donors (Lipinski definition) is 0. The number of ether oxygens (including phenoxy) is 4. The van der Waals surface area contributed by atoms with Gasteiger partial charge in [-0.25, -0.2) is 9.59 Å². The van der Waals surface area contributed by atoms with Crippen molar-refractivity contribution >= 4 is 23.7 Å². The molecule has 18 heavy (non-hydrogen) atoms. The summed E-state index contributed by atoms with van der Waals surface area (Å²) in [5.41, 5.74) is 0. The first-order valence-corrected chi connectivity index (χ1v) is 7.02. The maximum Gasteiger partial charge on any atom is 0.347 e. The number of rotatable bonds is 6. The molecule has 0 spiro atoms. The Balaban J connectivity index is 2.57. The molecule has 7 heteroatoms. The lowest BCUT2D eigenvalue weighted by Crippen LogP contribution is -2.41. The highest BCUT2D eigenvalue weighted by Crippen LogP contribution is 2.16. The molecule has 1 saturated heterocycles. The van der Waals surface area contributed by atoms with Crippen molar-refractivity contribution in [1.29, 1.82) is 0 Å². The molecule has 0 aliphatic carbocycles. The van der Waals surface area contributed by atoms with Crippen molar-refractivity contribution in [1.82, 2.24) is 0 Å². The molecule has 1 atom stereocenters. The van der Waals surface area contributed by atoms with Crippen molar-refractivity contribution in [2.45, 2.75) is 26.2 Å². The maximum absolute atomic E-state index is 11.6. The first-order chi connectivity index (χ1) is 8.69. The van der Waals surface area contributed by atoms with Gasteiger partial charge in [-0.3, -0.25) is 0 Å². The topological polar surface area (TPSA) is 71.1 Å². The summed E-state index contributed by atoms with van der Waals surface area (Å²) in [6, 6.07) is 0. The van der Waals surface area contributed by atoms with Gasteiger partial charge in [0.1, 0.15) is 0 Å². The molecule has 0 radical (unpaired) electrons. The van der Waals surface area contributed by atoms with E-state index in [1.807, 2.05) is 0 Å². The monoisotopic (exact) mass is 278 g/mol. The Labute approximate surface area is 110 Å². The minimum Gasteiger partial charge on any atom is -0.464 e. The third kappa shape index (κ3) is 4.83. The highest BCUT2D eigenvalue weighted by atomic mass is 32.2. The summed E-state index contributed by atoms with van der Waals surface area (Å²) >= 11 is 1.64. The zero-order valence-corrected chi connectivity index (χ0v) is 11.4. The van der Waals surface area contributed by atoms with Crippen molar-refractivity contribution in [3.05, 3.63) is 0 Å². The first-order valence-electron chi connectivity index (χ1n) is 5.87. The molecule has 104 valence electrons. The number of hydrogen-bond acceptors (Lipinski definition) is 7. The van der Waals surface area contributed by atoms with Crippen molar-refractivity contribution in [2.75, 3.05) is 31.3 Å². The van der Waals surface area contributed by atoms with E-state index < -0.39 is 24.3 Å². The van der Waals surface area contributed by atoms with Crippen LogP contribution in [0.3, 0.4) is 0 Å². The van der Waals surface area contributed by atoms with Crippen molar-refractivity contribution in [2.24, 2.45) is 0 Å². The molecule has 0 bridgehead atoms. The maximum atomic E-state index is 11.6. The Morgan fingerprint density at radius 3 is 2.33 bits per heavy atom. The number of esters is 2. The molecule has 1 unspecified atom stereocenters. The van der Waals surface area contributed by atoms with E-state index in [9.17, 15) is 9.59 Å². The Kier molecular flexibility index (Phi) is 7.07. The van der Waals surface area contributed by atoms with Crippen LogP contribution in [0, 0.1) is 0 Å². The van der Waals surface area contributed by atoms with E-state index in [-0.39, 0.29) is 13.2 Å². The molecular formula is C11H18O6S. The van der Waals surface area contributed by atoms with Gasteiger partial charge in [0.15, 0.2) is 6.29 Å². The fourth-order valence-corrected chi connectivity index (χ4v) is 2.09. The smallest absolute Gasteiger partial charge is 0.347 e. The summed E-state index contributed by atoms with van der Waals surface area (Å²) in [5.74, 6) is -0.0243. The molecule has 1 rings (SSSR count). The Hall–Kier alpha value is -0.790. The van der Waals surface area contributed by atoms with Gasteiger partial charge in [0, 0.05) is 11.5 Å². The third-order valence-electron chi connectivity index (χ3n) is 2.07. The molecule has 1 heterocycles. The second-order valence-corrected chi connectivity index (χ2v) is 4.55. The van der Waals surface area contributed by atoms with E-state index in [1.54, 1.807) is 25.6 Å². The van der Waals surface area contributed by atoms with Crippen LogP contribution in [-0.4, -0.2) is 55.7 Å². The average Bonchev–Trinajstić information content (AvgIpc) is 2.37. The van der Waals surface area contributed by atoms with E-state index in [0.717, 1.165) is 5.75 Å². The zero-order chi connectivity index (χ0) is 13.4. The second-order valence-electron chi connectivity index (χ2n) is 3.40. The highest BCUT2D eigenvalue weighted by Gasteiger charge is 2.34. The normalized spacial score (nSPS) is 19.6. The van der Waals surface area contributed by atoms with Crippen LogP contribution in [0.2, 0.25) is 0 Å². The number of carbonyl (C=O) groups is 2. The van der Waals surface area contributed by atoms with Crippen LogP contribution in [0.5, 0.6) is 0 Å². The van der Waals surface area contributed by atoms with Gasteiger partial charge in [0.25, 0.3) is 6.10 Å². The van der Waals surface area contributed by atoms with E-state index in [2.05, 4.69) is 0 Å². The summed E-state index contributed by atoms with van der Waals surface area (Å²) in [4.78, 5) is 23.2. The standard InChI is InChI=1S/C11H18O6S/c1-3-14-10(12)9(11(13)15-4-2)17-8-7-18-6-5-16-8/h8-9H,3-7H2,1-2H3. The SMILES string of the molecule is CCOC(=O)C(OC1CSCCO1)C(=O)OCC. The van der Waals surface area contributed by atoms with Gasteiger partial charge < -0.3 is 18.9 Å². The summed E-state index contributed by atoms with van der Waals surface area (Å²) in [5, 5.41) is 0. The van der Waals surface area contributed by atoms with Crippen LogP contribution in [-0.2, 0) is 28.5 Å². The van der Waals surface area contributed by atoms with Gasteiger partial charge in [-0.15, -0.1) is 0 Å². The lowest BCUT2D eigenvalue weighted by Gasteiger charge is -2.25. The fraction of sp³-hybridized carbons (Fsp3) is 0.818. The van der Waals surface area contributed by atoms with Crippen molar-refractivity contribution in [3.8, 4) is 0 Å². The largest absolute Gasteiger partial charge is 0.464 e. The zero-order valence-electron chi connectivity index (χ0n) is 10.5. The lowest BCUT2D eigenvalue weighted by molar-refractivity contribution is -0.199. The molecular weight excluding hydrogens is 260 g/mol. The van der Waals surface area contributed by atoms with Crippen LogP contribution in [0.25, 0.3) is 0 Å². The molecule has 6 nitrogen and oxygen atoms in total. The van der Waals surface area contributed by atoms with E-state index >= 15 is 0 Å². The van der Waals surface area contributed by atoms with Gasteiger partial charge in [0.05, 0.1) is 19.8 Å². The lowest BCUT2D eigenvalue weighted by atomic mass is 10.3. The molecule has 1 aliphatic heterocycles. The molecule has 0 N–H and O–H groups in total. The molecule has 1 aliphatic rings. The van der Waals surface area contributed by atoms with E-state index in [4.69, 9.17) is 18.9 Å². The van der Waals surface area contributed by atoms with Crippen LogP contribution < -0.4 is 0 Å². The van der Waals surface area contributed by atoms with E-state index in [0.29, 0.717) is 12.4 Å². The quantitative estimate of drug-likeness (QED) is 0.520. The summed E-state index contributed by atoms with van der Waals surface area (Å²) in [7, 11) is 0. The first kappa shape index (κ1) is 15.3. The van der Waals surface area contributed by atoms with Gasteiger partial charge in [-0.1, -0.05) is 0 Å². The number of carbonyl (C=O) groups excluding carboxylic acids is 2. The fourth-order valence-electron chi connectivity index (χ4n) is 1.34. The molecule has 0 saturated carbocycles. The Morgan fingerprint density at radius 1 is 1.28 bits per heavy atom. The van der Waals surface area contributed by atoms with Crippen LogP contribution in [0.4, 0.5) is 0 Å². The van der Waals surface area contributed by atoms with Gasteiger partial charge >= 0.3 is 11.9 Å². The molecule has 0 aromatic carbocycles. The van der Waals surface area contributed by atoms with Gasteiger partial charge in [0.2, 0.25) is 0 Å². The molecule has 0 aromatic rings. The predicted octanol–water partition coefficient (Wildman–Crippen LogP) is 0.587. The second kappa shape index (κ2) is 8.34. The minimum absolute atomic E-state index is 0.179. The van der Waals surface area contributed by atoms with Crippen molar-refractivity contribution < 1.29 is 28.5 Å². The summed E-state index contributed by atoms with van der Waals surface area (Å²) in [6.45, 7) is 4.21. The highest BCUT2D eigenvalue weighted by molar-refractivity contribution is 7.99. The number of thioether (sulfide) groups is 1. The third-order valence-corrected chi connectivity index (χ3v) is 3.04. The summed E-state index contributed by atoms with van der Waals surface area (Å²) < 4.78 is 20.2. The van der Waals surface area contributed by atoms with E-state index in [1.165, 1.54) is 0 Å². The molecule has 0 amide bonds. The summed E-state index contributed by atoms with van der Waals surface area (Å²) in [6.07, 6.45) is -1.95. The van der Waals surface area contributed by atoms with Crippen LogP contribution in [0.1, 0.15) is 13.8 Å². The molecule has 0 aromatic heterocycles. The Bertz CT molecular complexity index is 259. The van der Waals surface area contributed by atoms with Crippen LogP contribution in [0.15, 0.2) is 0 Å². The van der Waals surface area contributed by atoms with Crippen LogP contribution >= 0.6 is 11.8 Å². The van der Waals surface area contributed by atoms with Gasteiger partial charge in [-0.05, 0) is 13.8 Å². The van der Waals surface area contributed by atoms with Crippen molar-refractivity contribution in [3.63, 3.8) is 0 Å².